The van der Waals surface area contributed by atoms with Gasteiger partial charge < -0.3 is 10.1 Å². The first kappa shape index (κ1) is 13.3. The molecule has 0 radical (unpaired) electrons. The first-order valence-corrected chi connectivity index (χ1v) is 6.37. The van der Waals surface area contributed by atoms with E-state index in [2.05, 4.69) is 5.32 Å². The van der Waals surface area contributed by atoms with E-state index >= 15 is 0 Å². The summed E-state index contributed by atoms with van der Waals surface area (Å²) in [5.74, 6) is 0.842. The Morgan fingerprint density at radius 3 is 2.37 bits per heavy atom. The van der Waals surface area contributed by atoms with Gasteiger partial charge in [0.2, 0.25) is 0 Å². The lowest BCUT2D eigenvalue weighted by molar-refractivity contribution is 0.415. The summed E-state index contributed by atoms with van der Waals surface area (Å²) < 4.78 is 5.10. The second kappa shape index (κ2) is 6.71. The molecule has 2 rings (SSSR count). The summed E-state index contributed by atoms with van der Waals surface area (Å²) in [6, 6.07) is 17.7. The highest BCUT2D eigenvalue weighted by atomic mass is 32.1. The van der Waals surface area contributed by atoms with Gasteiger partial charge in [0.05, 0.1) is 7.11 Å². The molecule has 2 aromatic carbocycles. The Morgan fingerprint density at radius 1 is 1.05 bits per heavy atom. The molecule has 0 aliphatic carbocycles. The van der Waals surface area contributed by atoms with E-state index < -0.39 is 0 Å². The van der Waals surface area contributed by atoms with E-state index in [0.29, 0.717) is 0 Å². The smallest absolute Gasteiger partial charge is 0.119 e. The van der Waals surface area contributed by atoms with Gasteiger partial charge in [-0.3, -0.25) is 0 Å². The van der Waals surface area contributed by atoms with E-state index in [9.17, 15) is 0 Å². The van der Waals surface area contributed by atoms with Crippen LogP contribution in [0.15, 0.2) is 66.9 Å². The minimum absolute atomic E-state index is 0.807. The van der Waals surface area contributed by atoms with Crippen molar-refractivity contribution in [1.82, 2.24) is 0 Å². The van der Waals surface area contributed by atoms with E-state index in [-0.39, 0.29) is 0 Å². The molecular weight excluding hydrogens is 254 g/mol. The Kier molecular flexibility index (Phi) is 4.70. The molecule has 0 aromatic heterocycles. The average Bonchev–Trinajstić information content (AvgIpc) is 2.49. The van der Waals surface area contributed by atoms with Crippen LogP contribution in [-0.4, -0.2) is 12.0 Å². The van der Waals surface area contributed by atoms with Crippen LogP contribution in [-0.2, 0) is 0 Å². The molecule has 0 spiro atoms. The number of ether oxygens (including phenoxy) is 1. The van der Waals surface area contributed by atoms with E-state index in [1.807, 2.05) is 66.9 Å². The molecule has 19 heavy (non-hydrogen) atoms. The van der Waals surface area contributed by atoms with Crippen molar-refractivity contribution in [2.24, 2.45) is 0 Å². The number of hydrogen-bond acceptors (Lipinski definition) is 3. The van der Waals surface area contributed by atoms with E-state index in [4.69, 9.17) is 17.0 Å². The summed E-state index contributed by atoms with van der Waals surface area (Å²) in [5.41, 5.74) is 2.04. The van der Waals surface area contributed by atoms with Crippen molar-refractivity contribution in [3.05, 3.63) is 72.4 Å². The van der Waals surface area contributed by atoms with Gasteiger partial charge >= 0.3 is 0 Å². The van der Waals surface area contributed by atoms with Gasteiger partial charge in [-0.2, -0.15) is 0 Å². The summed E-state index contributed by atoms with van der Waals surface area (Å²) in [5, 5.41) is 3.17. The van der Waals surface area contributed by atoms with Gasteiger partial charge in [-0.1, -0.05) is 42.5 Å². The van der Waals surface area contributed by atoms with Gasteiger partial charge in [-0.05, 0) is 35.9 Å². The zero-order valence-corrected chi connectivity index (χ0v) is 11.5. The molecule has 96 valence electrons. The highest BCUT2D eigenvalue weighted by Crippen LogP contribution is 2.14. The zero-order chi connectivity index (χ0) is 13.5. The monoisotopic (exact) mass is 269 g/mol. The van der Waals surface area contributed by atoms with Crippen molar-refractivity contribution >= 4 is 22.8 Å². The Hall–Kier alpha value is -2.13. The fourth-order valence-corrected chi connectivity index (χ4v) is 1.80. The number of hydrogen-bond donors (Lipinski definition) is 1. The minimum atomic E-state index is 0.807. The molecule has 0 heterocycles. The SMILES string of the molecule is COc1ccc(N/C=C/C(=S)c2ccccc2)cc1. The van der Waals surface area contributed by atoms with Crippen LogP contribution in [0.25, 0.3) is 0 Å². The van der Waals surface area contributed by atoms with Crippen LogP contribution < -0.4 is 10.1 Å². The lowest BCUT2D eigenvalue weighted by atomic mass is 10.1. The molecule has 0 atom stereocenters. The summed E-state index contributed by atoms with van der Waals surface area (Å²) >= 11 is 5.33. The Bertz CT molecular complexity index is 561. The van der Waals surface area contributed by atoms with Crippen LogP contribution in [0.1, 0.15) is 5.56 Å². The number of thiocarbonyl (C=S) groups is 1. The normalized spacial score (nSPS) is 10.4. The van der Waals surface area contributed by atoms with Gasteiger partial charge in [0.15, 0.2) is 0 Å². The van der Waals surface area contributed by atoms with Crippen molar-refractivity contribution < 1.29 is 4.74 Å². The van der Waals surface area contributed by atoms with Crippen LogP contribution in [0.3, 0.4) is 0 Å². The Morgan fingerprint density at radius 2 is 1.74 bits per heavy atom. The molecule has 0 aliphatic rings. The molecule has 2 nitrogen and oxygen atoms in total. The van der Waals surface area contributed by atoms with Gasteiger partial charge in [0.1, 0.15) is 5.75 Å². The first-order valence-electron chi connectivity index (χ1n) is 5.96. The second-order valence-electron chi connectivity index (χ2n) is 3.94. The summed E-state index contributed by atoms with van der Waals surface area (Å²) in [4.78, 5) is 0.807. The van der Waals surface area contributed by atoms with Crippen LogP contribution in [0.2, 0.25) is 0 Å². The molecule has 0 amide bonds. The van der Waals surface area contributed by atoms with Crippen LogP contribution in [0.5, 0.6) is 5.75 Å². The summed E-state index contributed by atoms with van der Waals surface area (Å²) in [6.07, 6.45) is 3.73. The first-order chi connectivity index (χ1) is 9.29. The highest BCUT2D eigenvalue weighted by Gasteiger charge is 1.95. The van der Waals surface area contributed by atoms with E-state index in [1.165, 1.54) is 0 Å². The third-order valence-electron chi connectivity index (χ3n) is 2.63. The maximum absolute atomic E-state index is 5.33. The van der Waals surface area contributed by atoms with Crippen molar-refractivity contribution in [3.8, 4) is 5.75 Å². The standard InChI is InChI=1S/C16H15NOS/c1-18-15-9-7-14(8-10-15)17-12-11-16(19)13-5-3-2-4-6-13/h2-12,17H,1H3/b12-11+. The fraction of sp³-hybridized carbons (Fsp3) is 0.0625. The number of nitrogens with one attached hydrogen (secondary N) is 1. The molecule has 0 saturated heterocycles. The summed E-state index contributed by atoms with van der Waals surface area (Å²) in [6.45, 7) is 0. The fourth-order valence-electron chi connectivity index (χ4n) is 1.60. The topological polar surface area (TPSA) is 21.3 Å². The highest BCUT2D eigenvalue weighted by molar-refractivity contribution is 7.81. The van der Waals surface area contributed by atoms with Crippen molar-refractivity contribution in [3.63, 3.8) is 0 Å². The molecule has 0 fully saturated rings. The van der Waals surface area contributed by atoms with Crippen molar-refractivity contribution in [2.75, 3.05) is 12.4 Å². The number of allylic oxidation sites excluding steroid dienone is 1. The third-order valence-corrected chi connectivity index (χ3v) is 3.00. The number of methoxy groups -OCH3 is 1. The molecule has 0 saturated carbocycles. The molecule has 0 bridgehead atoms. The Balaban J connectivity index is 1.94. The second-order valence-corrected chi connectivity index (χ2v) is 4.38. The van der Waals surface area contributed by atoms with Gasteiger partial charge in [0.25, 0.3) is 0 Å². The van der Waals surface area contributed by atoms with Crippen molar-refractivity contribution in [1.29, 1.82) is 0 Å². The number of benzene rings is 2. The molecular formula is C16H15NOS. The third kappa shape index (κ3) is 3.93. The predicted octanol–water partition coefficient (Wildman–Crippen LogP) is 4.04. The minimum Gasteiger partial charge on any atom is -0.497 e. The maximum atomic E-state index is 5.33. The van der Waals surface area contributed by atoms with E-state index in [1.54, 1.807) is 7.11 Å². The molecule has 3 heteroatoms. The van der Waals surface area contributed by atoms with Crippen LogP contribution in [0, 0.1) is 0 Å². The van der Waals surface area contributed by atoms with E-state index in [0.717, 1.165) is 21.9 Å². The predicted molar refractivity (Wildman–Crippen MR) is 83.9 cm³/mol. The van der Waals surface area contributed by atoms with Gasteiger partial charge in [0, 0.05) is 16.8 Å². The van der Waals surface area contributed by atoms with Gasteiger partial charge in [-0.15, -0.1) is 0 Å². The zero-order valence-electron chi connectivity index (χ0n) is 10.7. The summed E-state index contributed by atoms with van der Waals surface area (Å²) in [7, 11) is 1.65. The van der Waals surface area contributed by atoms with Gasteiger partial charge in [-0.25, -0.2) is 0 Å². The molecule has 1 N–H and O–H groups in total. The largest absolute Gasteiger partial charge is 0.497 e. The quantitative estimate of drug-likeness (QED) is 0.503. The Labute approximate surface area is 118 Å². The number of anilines is 1. The number of rotatable bonds is 5. The average molecular weight is 269 g/mol. The van der Waals surface area contributed by atoms with Crippen LogP contribution in [0.4, 0.5) is 5.69 Å². The molecule has 2 aromatic rings. The lowest BCUT2D eigenvalue weighted by Gasteiger charge is -2.03. The van der Waals surface area contributed by atoms with Crippen LogP contribution >= 0.6 is 12.2 Å². The van der Waals surface area contributed by atoms with Crippen molar-refractivity contribution in [2.45, 2.75) is 0 Å². The lowest BCUT2D eigenvalue weighted by Crippen LogP contribution is -1.94. The maximum Gasteiger partial charge on any atom is 0.119 e. The molecule has 0 unspecified atom stereocenters. The molecule has 0 aliphatic heterocycles.